The van der Waals surface area contributed by atoms with Crippen LogP contribution in [-0.2, 0) is 4.79 Å². The van der Waals surface area contributed by atoms with Gasteiger partial charge in [0.1, 0.15) is 0 Å². The fraction of sp³-hybridized carbons (Fsp3) is 0.526. The van der Waals surface area contributed by atoms with Crippen LogP contribution in [0.1, 0.15) is 39.5 Å². The summed E-state index contributed by atoms with van der Waals surface area (Å²) < 4.78 is 16.3. The third-order valence-electron chi connectivity index (χ3n) is 4.48. The van der Waals surface area contributed by atoms with Gasteiger partial charge in [-0.25, -0.2) is 0 Å². The number of rotatable bonds is 10. The minimum absolute atomic E-state index is 0.0159. The highest BCUT2D eigenvalue weighted by atomic mass is 32.2. The monoisotopic (exact) mass is 391 g/mol. The lowest BCUT2D eigenvalue weighted by Crippen LogP contribution is -2.30. The third kappa shape index (κ3) is 5.38. The first-order chi connectivity index (χ1) is 13.2. The molecule has 146 valence electrons. The van der Waals surface area contributed by atoms with Crippen LogP contribution in [0.3, 0.4) is 0 Å². The third-order valence-corrected chi connectivity index (χ3v) is 5.30. The number of carbonyl (C=O) groups is 1. The van der Waals surface area contributed by atoms with E-state index in [4.69, 9.17) is 13.9 Å². The van der Waals surface area contributed by atoms with E-state index in [0.717, 1.165) is 24.9 Å². The number of hydrogen-bond donors (Lipinski definition) is 1. The van der Waals surface area contributed by atoms with Gasteiger partial charge < -0.3 is 19.2 Å². The van der Waals surface area contributed by atoms with Gasteiger partial charge >= 0.3 is 0 Å². The molecule has 2 aromatic rings. The summed E-state index contributed by atoms with van der Waals surface area (Å²) in [5.74, 6) is 2.54. The second kappa shape index (κ2) is 9.64. The Morgan fingerprint density at radius 2 is 2.11 bits per heavy atom. The fourth-order valence-corrected chi connectivity index (χ4v) is 3.39. The van der Waals surface area contributed by atoms with Gasteiger partial charge in [0.15, 0.2) is 11.5 Å². The Morgan fingerprint density at radius 1 is 1.26 bits per heavy atom. The van der Waals surface area contributed by atoms with Crippen LogP contribution in [0.25, 0.3) is 11.5 Å². The Bertz CT molecular complexity index is 765. The second-order valence-electron chi connectivity index (χ2n) is 6.45. The van der Waals surface area contributed by atoms with E-state index in [-0.39, 0.29) is 18.5 Å². The molecular formula is C19H25N3O4S. The molecule has 0 spiro atoms. The van der Waals surface area contributed by atoms with E-state index >= 15 is 0 Å². The molecule has 3 rings (SSSR count). The van der Waals surface area contributed by atoms with E-state index in [0.29, 0.717) is 28.5 Å². The molecule has 0 saturated heterocycles. The molecule has 0 fully saturated rings. The molecule has 1 N–H and O–H groups in total. The van der Waals surface area contributed by atoms with Gasteiger partial charge in [-0.2, -0.15) is 0 Å². The van der Waals surface area contributed by atoms with Gasteiger partial charge in [0, 0.05) is 12.1 Å². The smallest absolute Gasteiger partial charge is 0.277 e. The van der Waals surface area contributed by atoms with Crippen molar-refractivity contribution in [3.63, 3.8) is 0 Å². The molecule has 1 aliphatic rings. The number of benzene rings is 1. The maximum Gasteiger partial charge on any atom is 0.277 e. The SMILES string of the molecule is CCCC[C@@H](CC)CNC(=O)CSc1nnc(-c2ccc3c(c2)OCO3)o1. The van der Waals surface area contributed by atoms with Crippen molar-refractivity contribution in [2.45, 2.75) is 44.8 Å². The van der Waals surface area contributed by atoms with Crippen LogP contribution in [-0.4, -0.2) is 35.2 Å². The number of carbonyl (C=O) groups excluding carboxylic acids is 1. The maximum absolute atomic E-state index is 12.1. The number of fused-ring (bicyclic) bond motifs is 1. The number of unbranched alkanes of at least 4 members (excludes halogenated alkanes) is 1. The molecule has 0 bridgehead atoms. The maximum atomic E-state index is 12.1. The van der Waals surface area contributed by atoms with E-state index in [2.05, 4.69) is 29.4 Å². The molecule has 1 aliphatic heterocycles. The molecule has 27 heavy (non-hydrogen) atoms. The van der Waals surface area contributed by atoms with Crippen molar-refractivity contribution < 1.29 is 18.7 Å². The number of aromatic nitrogens is 2. The number of nitrogens with zero attached hydrogens (tertiary/aromatic N) is 2. The number of thioether (sulfide) groups is 1. The molecule has 1 amide bonds. The van der Waals surface area contributed by atoms with Crippen molar-refractivity contribution in [1.29, 1.82) is 0 Å². The molecule has 7 nitrogen and oxygen atoms in total. The first-order valence-corrected chi connectivity index (χ1v) is 10.3. The van der Waals surface area contributed by atoms with Gasteiger partial charge in [-0.1, -0.05) is 44.9 Å². The van der Waals surface area contributed by atoms with E-state index in [1.165, 1.54) is 24.6 Å². The quantitative estimate of drug-likeness (QED) is 0.615. The Balaban J connectivity index is 1.47. The van der Waals surface area contributed by atoms with Gasteiger partial charge in [0.2, 0.25) is 18.6 Å². The van der Waals surface area contributed by atoms with Gasteiger partial charge in [-0.05, 0) is 30.5 Å². The molecule has 2 heterocycles. The molecule has 0 saturated carbocycles. The first kappa shape index (κ1) is 19.5. The molecule has 0 aliphatic carbocycles. The normalized spacial score (nSPS) is 13.6. The number of amides is 1. The van der Waals surface area contributed by atoms with Crippen LogP contribution in [0.15, 0.2) is 27.8 Å². The molecule has 1 atom stereocenters. The van der Waals surface area contributed by atoms with Crippen molar-refractivity contribution in [1.82, 2.24) is 15.5 Å². The minimum Gasteiger partial charge on any atom is -0.454 e. The topological polar surface area (TPSA) is 86.5 Å². The molecule has 0 radical (unpaired) electrons. The lowest BCUT2D eigenvalue weighted by Gasteiger charge is -2.14. The summed E-state index contributed by atoms with van der Waals surface area (Å²) in [6, 6.07) is 5.45. The van der Waals surface area contributed by atoms with E-state index < -0.39 is 0 Å². The molecule has 8 heteroatoms. The second-order valence-corrected chi connectivity index (χ2v) is 7.38. The van der Waals surface area contributed by atoms with Gasteiger partial charge in [0.25, 0.3) is 5.22 Å². The predicted molar refractivity (Wildman–Crippen MR) is 103 cm³/mol. The summed E-state index contributed by atoms with van der Waals surface area (Å²) in [6.45, 7) is 5.29. The summed E-state index contributed by atoms with van der Waals surface area (Å²) in [5.41, 5.74) is 0.754. The van der Waals surface area contributed by atoms with Crippen molar-refractivity contribution in [3.8, 4) is 23.0 Å². The standard InChI is InChI=1S/C19H25N3O4S/c1-3-5-6-13(4-2)10-20-17(23)11-27-19-22-21-18(26-19)14-7-8-15-16(9-14)25-12-24-15/h7-9,13H,3-6,10-12H2,1-2H3,(H,20,23)/t13-/m1/s1. The predicted octanol–water partition coefficient (Wildman–Crippen LogP) is 3.89. The van der Waals surface area contributed by atoms with Crippen LogP contribution in [0.5, 0.6) is 11.5 Å². The number of hydrogen-bond acceptors (Lipinski definition) is 7. The van der Waals surface area contributed by atoms with Crippen molar-refractivity contribution in [3.05, 3.63) is 18.2 Å². The lowest BCUT2D eigenvalue weighted by molar-refractivity contribution is -0.118. The van der Waals surface area contributed by atoms with Crippen molar-refractivity contribution >= 4 is 17.7 Å². The van der Waals surface area contributed by atoms with E-state index in [1.54, 1.807) is 6.07 Å². The van der Waals surface area contributed by atoms with E-state index in [1.807, 2.05) is 12.1 Å². The zero-order valence-corrected chi connectivity index (χ0v) is 16.5. The van der Waals surface area contributed by atoms with Crippen LogP contribution in [0, 0.1) is 5.92 Å². The zero-order chi connectivity index (χ0) is 19.1. The van der Waals surface area contributed by atoms with Crippen LogP contribution in [0.4, 0.5) is 0 Å². The highest BCUT2D eigenvalue weighted by Crippen LogP contribution is 2.35. The Hall–Kier alpha value is -2.22. The van der Waals surface area contributed by atoms with Crippen LogP contribution in [0.2, 0.25) is 0 Å². The van der Waals surface area contributed by atoms with Gasteiger partial charge in [-0.3, -0.25) is 4.79 Å². The minimum atomic E-state index is -0.0159. The van der Waals surface area contributed by atoms with E-state index in [9.17, 15) is 4.79 Å². The fourth-order valence-electron chi connectivity index (χ4n) is 2.79. The largest absolute Gasteiger partial charge is 0.454 e. The summed E-state index contributed by atoms with van der Waals surface area (Å²) in [4.78, 5) is 12.1. The average molecular weight is 391 g/mol. The molecule has 0 unspecified atom stereocenters. The Morgan fingerprint density at radius 3 is 2.93 bits per heavy atom. The highest BCUT2D eigenvalue weighted by Gasteiger charge is 2.17. The van der Waals surface area contributed by atoms with Crippen LogP contribution < -0.4 is 14.8 Å². The molecule has 1 aromatic heterocycles. The number of nitrogens with one attached hydrogen (secondary N) is 1. The highest BCUT2D eigenvalue weighted by molar-refractivity contribution is 7.99. The zero-order valence-electron chi connectivity index (χ0n) is 15.7. The van der Waals surface area contributed by atoms with Gasteiger partial charge in [0.05, 0.1) is 5.75 Å². The van der Waals surface area contributed by atoms with Crippen LogP contribution >= 0.6 is 11.8 Å². The van der Waals surface area contributed by atoms with Gasteiger partial charge in [-0.15, -0.1) is 10.2 Å². The first-order valence-electron chi connectivity index (χ1n) is 9.32. The summed E-state index contributed by atoms with van der Waals surface area (Å²) in [6.07, 6.45) is 4.62. The summed E-state index contributed by atoms with van der Waals surface area (Å²) in [7, 11) is 0. The average Bonchev–Trinajstić information content (AvgIpc) is 3.35. The molecular weight excluding hydrogens is 366 g/mol. The Labute approximate surface area is 163 Å². The molecule has 1 aromatic carbocycles. The number of ether oxygens (including phenoxy) is 2. The summed E-state index contributed by atoms with van der Waals surface area (Å²) in [5, 5.41) is 11.4. The summed E-state index contributed by atoms with van der Waals surface area (Å²) >= 11 is 1.24. The van der Waals surface area contributed by atoms with Crippen molar-refractivity contribution in [2.24, 2.45) is 5.92 Å². The van der Waals surface area contributed by atoms with Crippen molar-refractivity contribution in [2.75, 3.05) is 19.1 Å². The lowest BCUT2D eigenvalue weighted by atomic mass is 9.99. The Kier molecular flexibility index (Phi) is 6.98.